The molecule has 113 heavy (non-hydrogen) atoms. The summed E-state index contributed by atoms with van der Waals surface area (Å²) in [7, 11) is -32.8. The average molecular weight is 1780 g/mol. The number of imidazole rings is 2. The van der Waals surface area contributed by atoms with E-state index in [1.165, 1.54) is 34.6 Å². The monoisotopic (exact) mass is 1780 g/mol. The predicted octanol–water partition coefficient (Wildman–Crippen LogP) is -2.88. The summed E-state index contributed by atoms with van der Waals surface area (Å²) in [6.07, 6.45) is -13.6. The van der Waals surface area contributed by atoms with Gasteiger partial charge in [0.1, 0.15) is 78.4 Å². The Balaban J connectivity index is 0.000000444. The number of aromatic nitrogens is 8. The van der Waals surface area contributed by atoms with E-state index in [0.29, 0.717) is 12.2 Å². The number of phosphoric ester groups is 6. The van der Waals surface area contributed by atoms with Gasteiger partial charge in [0.25, 0.3) is 0 Å². The van der Waals surface area contributed by atoms with Gasteiger partial charge in [-0.2, -0.15) is 8.62 Å². The Labute approximate surface area is 645 Å². The fourth-order valence-electron chi connectivity index (χ4n) is 8.90. The molecule has 4 amide bonds. The van der Waals surface area contributed by atoms with Crippen LogP contribution in [-0.2, 0) is 116 Å². The minimum Gasteiger partial charge on any atom is -0.481 e. The number of ether oxygens (including phenoxy) is 2. The molecule has 2 aliphatic rings. The average Bonchev–Trinajstić information content (AvgIpc) is 1.62. The Bertz CT molecular complexity index is 4310. The summed E-state index contributed by atoms with van der Waals surface area (Å²) in [5.74, 6) is -7.28. The fourth-order valence-corrected chi connectivity index (χ4v) is 16.0. The molecule has 6 heterocycles. The van der Waals surface area contributed by atoms with Crippen LogP contribution in [0.2, 0.25) is 0 Å². The zero-order chi connectivity index (χ0) is 85.7. The lowest BCUT2D eigenvalue weighted by atomic mass is 9.87. The van der Waals surface area contributed by atoms with E-state index in [0.717, 1.165) is 64.9 Å². The van der Waals surface area contributed by atoms with Crippen LogP contribution in [0.1, 0.15) is 80.2 Å². The number of nitrogens with zero attached hydrogens (tertiary/aromatic N) is 8. The lowest BCUT2D eigenvalue weighted by molar-refractivity contribution is -0.148. The highest BCUT2D eigenvalue weighted by molar-refractivity contribution is 8.13. The van der Waals surface area contributed by atoms with Crippen LogP contribution in [0, 0.1) is 16.7 Å². The molecular weight excluding hydrogens is 1690 g/mol. The normalized spacial score (nSPS) is 21.6. The lowest BCUT2D eigenvalue weighted by Gasteiger charge is -2.30. The number of nitrogens with two attached hydrogens (primary N) is 2. The minimum absolute atomic E-state index is 0.0183. The fraction of sp³-hybridized carbons (Fsp3) is 0.635. The summed E-state index contributed by atoms with van der Waals surface area (Å²) in [6, 6.07) is 0. The molecule has 0 aliphatic carbocycles. The quantitative estimate of drug-likeness (QED) is 0.00917. The summed E-state index contributed by atoms with van der Waals surface area (Å²) < 4.78 is 124. The third-order valence-electron chi connectivity index (χ3n) is 14.8. The second-order valence-corrected chi connectivity index (χ2v) is 35.5. The third kappa shape index (κ3) is 32.3. The number of phosphoric acid groups is 6. The summed E-state index contributed by atoms with van der Waals surface area (Å²) in [6.45, 7) is 4.59. The number of aliphatic carboxylic acids is 2. The minimum atomic E-state index is -5.59. The summed E-state index contributed by atoms with van der Waals surface area (Å²) in [5, 5.41) is 68.2. The number of amides is 4. The number of hydrogen-bond acceptors (Lipinski definition) is 39. The molecule has 0 bridgehead atoms. The van der Waals surface area contributed by atoms with E-state index < -0.39 is 198 Å². The van der Waals surface area contributed by atoms with E-state index in [9.17, 15) is 130 Å². The lowest BCUT2D eigenvalue weighted by Crippen LogP contribution is -2.46. The smallest absolute Gasteiger partial charge is 0.481 e. The van der Waals surface area contributed by atoms with E-state index in [1.807, 2.05) is 0 Å². The van der Waals surface area contributed by atoms with Gasteiger partial charge >= 0.3 is 58.9 Å². The molecular formula is C52H84N14O39P6S2. The van der Waals surface area contributed by atoms with Crippen LogP contribution in [-0.4, -0.2) is 273 Å². The van der Waals surface area contributed by atoms with Gasteiger partial charge in [0.05, 0.1) is 39.1 Å². The first-order valence-corrected chi connectivity index (χ1v) is 43.1. The number of carboxylic acids is 2. The van der Waals surface area contributed by atoms with Crippen molar-refractivity contribution in [3.63, 3.8) is 0 Å². The number of rotatable bonds is 42. The van der Waals surface area contributed by atoms with Crippen LogP contribution in [0.15, 0.2) is 25.3 Å². The van der Waals surface area contributed by atoms with E-state index >= 15 is 0 Å². The van der Waals surface area contributed by atoms with Gasteiger partial charge in [-0.05, 0) is 6.92 Å². The number of aliphatic hydroxyl groups excluding tert-OH is 4. The molecule has 2 fully saturated rings. The van der Waals surface area contributed by atoms with Crippen LogP contribution in [0.5, 0.6) is 0 Å². The molecule has 53 nitrogen and oxygen atoms in total. The number of aliphatic hydroxyl groups is 4. The molecule has 638 valence electrons. The van der Waals surface area contributed by atoms with Crippen molar-refractivity contribution in [2.24, 2.45) is 16.7 Å². The maximum absolute atomic E-state index is 12.6. The van der Waals surface area contributed by atoms with E-state index in [1.54, 1.807) is 6.92 Å². The Morgan fingerprint density at radius 2 is 0.920 bits per heavy atom. The van der Waals surface area contributed by atoms with Crippen LogP contribution < -0.4 is 32.7 Å². The van der Waals surface area contributed by atoms with Crippen LogP contribution >= 0.6 is 70.5 Å². The second-order valence-electron chi connectivity index (χ2n) is 24.8. The zero-order valence-electron chi connectivity index (χ0n) is 60.1. The van der Waals surface area contributed by atoms with Gasteiger partial charge in [0.2, 0.25) is 34.5 Å². The molecule has 0 aromatic carbocycles. The molecule has 0 saturated carbocycles. The molecule has 0 spiro atoms. The molecule has 2 saturated heterocycles. The van der Waals surface area contributed by atoms with Crippen molar-refractivity contribution in [1.82, 2.24) is 60.3 Å². The number of anilines is 2. The number of carbonyl (C=O) groups is 9. The van der Waals surface area contributed by atoms with Crippen molar-refractivity contribution in [2.45, 2.75) is 129 Å². The van der Waals surface area contributed by atoms with Crippen molar-refractivity contribution in [3.05, 3.63) is 25.3 Å². The molecule has 6 rings (SSSR count). The zero-order valence-corrected chi connectivity index (χ0v) is 67.1. The topological polar surface area (TPSA) is 819 Å². The van der Waals surface area contributed by atoms with E-state index in [4.69, 9.17) is 49.2 Å². The maximum atomic E-state index is 12.6. The van der Waals surface area contributed by atoms with Gasteiger partial charge in [-0.1, -0.05) is 58.1 Å². The van der Waals surface area contributed by atoms with Crippen molar-refractivity contribution in [2.75, 3.05) is 75.6 Å². The van der Waals surface area contributed by atoms with Crippen LogP contribution in [0.3, 0.4) is 0 Å². The van der Waals surface area contributed by atoms with Crippen LogP contribution in [0.4, 0.5) is 11.6 Å². The Morgan fingerprint density at radius 1 is 0.566 bits per heavy atom. The van der Waals surface area contributed by atoms with Crippen molar-refractivity contribution in [1.29, 1.82) is 0 Å². The predicted molar refractivity (Wildman–Crippen MR) is 380 cm³/mol. The van der Waals surface area contributed by atoms with Gasteiger partial charge in [0.15, 0.2) is 40.5 Å². The van der Waals surface area contributed by atoms with Crippen LogP contribution in [0.25, 0.3) is 22.3 Å². The first-order valence-electron chi connectivity index (χ1n) is 32.1. The summed E-state index contributed by atoms with van der Waals surface area (Å²) in [5.41, 5.74) is 8.45. The number of nitrogen functional groups attached to an aromatic ring is 2. The number of hydrogen-bond donors (Lipinski definition) is 20. The first kappa shape index (κ1) is 99.1. The van der Waals surface area contributed by atoms with Gasteiger partial charge < -0.3 is 112 Å². The largest absolute Gasteiger partial charge is 0.481 e. The molecule has 4 aromatic rings. The Morgan fingerprint density at radius 3 is 1.26 bits per heavy atom. The highest BCUT2D eigenvalue weighted by atomic mass is 32.2. The van der Waals surface area contributed by atoms with Gasteiger partial charge in [-0.3, -0.25) is 74.6 Å². The third-order valence-corrected chi connectivity index (χ3v) is 23.1. The SMILES string of the molecule is CC(=O)C(=O)O.CC(C(=O)O)C(=O)SCCNC(=O)CCNC(=O)[C@H](O)C(C)(C)COP(=O)(O)OP(=O)(O)OC[C@H]1O[C@@H](n2cnc3c(N)ncnc32)[C@H](O)[C@@H]1OP(=O)(O)O.CCC(=O)SCCNC(=O)CCNC(=O)[C@H](O)C(C)(C)COP(=O)(O)OP(=O)(O)OC[C@H]1O[C@@H](n2cnc3c(N)ncnc32)[C@H](O)[C@@H]1OP(=O)(O)O. The van der Waals surface area contributed by atoms with Crippen molar-refractivity contribution in [3.8, 4) is 0 Å². The number of Topliss-reactive ketones (excluding diaryl/α,β-unsaturated/α-hetero) is 1. The van der Waals surface area contributed by atoms with E-state index in [-0.39, 0.29) is 83.9 Å². The second kappa shape index (κ2) is 42.7. The molecule has 22 N–H and O–H groups in total. The van der Waals surface area contributed by atoms with Gasteiger partial charge in [0, 0.05) is 74.7 Å². The Kier molecular flexibility index (Phi) is 37.5. The number of carbonyl (C=O) groups excluding carboxylic acids is 7. The van der Waals surface area contributed by atoms with Gasteiger partial charge in [-0.15, -0.1) is 0 Å². The number of fused-ring (bicyclic) bond motifs is 2. The van der Waals surface area contributed by atoms with E-state index in [2.05, 4.69) is 68.8 Å². The molecule has 4 aromatic heterocycles. The van der Waals surface area contributed by atoms with Crippen molar-refractivity contribution < 1.29 is 186 Å². The number of nitrogens with one attached hydrogen (secondary N) is 4. The number of thioether (sulfide) groups is 2. The summed E-state index contributed by atoms with van der Waals surface area (Å²) in [4.78, 5) is 203. The highest BCUT2D eigenvalue weighted by Crippen LogP contribution is 2.63. The standard InChI is InChI=1S/C25H40N7O19P3S.C24H40N7O17P3S.C3H4O3/c1-12(23(37)38)24(39)55-7-6-27-14(33)4-5-28-21(36)18(35)25(2,3)9-48-54(45,46)51-53(43,44)47-8-13-17(50-52(40,41)42)16(34)22(49-13)32-11-31-15-19(26)29-10-30-20(15)32;1-4-15(33)52-8-7-26-14(32)5-6-27-22(36)19(35)24(2,3)10-45-51(42,43)48-50(40,41)44-9-13-18(47-49(37,38)39)17(34)23(46-13)31-12-30-16-20(25)28-11-29-21(16)31;1-2(4)3(5)6/h10-13,16-18,22,34-35H,4-9H2,1-3H3,(H,27,33)(H,28,36)(H,37,38)(H,43,44)(H,45,46)(H2,26,29,30)(H2,40,41,42);11-13,17-19,23,34-35H,4-10H2,1-3H3,(H,26,32)(H,27,36)(H,40,41)(H,42,43)(H2,25,28,29)(H2,37,38,39);1H3,(H,5,6)/t12?,13-,16-,17-,18+,22-;13-,17-,18-,19+,23-;/m11./s1. The first-order chi connectivity index (χ1) is 52.0. The molecule has 5 unspecified atom stereocenters. The Hall–Kier alpha value is -6.27. The summed E-state index contributed by atoms with van der Waals surface area (Å²) >= 11 is 1.80. The molecule has 15 atom stereocenters. The molecule has 0 radical (unpaired) electrons. The maximum Gasteiger partial charge on any atom is 0.481 e. The highest BCUT2D eigenvalue weighted by Gasteiger charge is 2.53. The molecule has 2 aliphatic heterocycles. The van der Waals surface area contributed by atoms with Gasteiger partial charge in [-0.25, -0.2) is 62.1 Å². The molecule has 61 heteroatoms. The number of carboxylic acid groups (broad SMARTS) is 2. The number of ketones is 1. The van der Waals surface area contributed by atoms with Crippen molar-refractivity contribution >= 4 is 156 Å².